The third-order valence-corrected chi connectivity index (χ3v) is 4.11. The summed E-state index contributed by atoms with van der Waals surface area (Å²) in [6.07, 6.45) is 6.08. The highest BCUT2D eigenvalue weighted by molar-refractivity contribution is 5.36. The second-order valence-corrected chi connectivity index (χ2v) is 5.58. The molecule has 1 aliphatic rings. The first-order valence-corrected chi connectivity index (χ1v) is 7.33. The fourth-order valence-electron chi connectivity index (χ4n) is 2.95. The molecule has 0 spiro atoms. The van der Waals surface area contributed by atoms with Crippen molar-refractivity contribution in [1.29, 1.82) is 0 Å². The van der Waals surface area contributed by atoms with Crippen molar-refractivity contribution in [3.63, 3.8) is 0 Å². The van der Waals surface area contributed by atoms with Gasteiger partial charge in [0.05, 0.1) is 0 Å². The van der Waals surface area contributed by atoms with Crippen molar-refractivity contribution in [3.05, 3.63) is 29.6 Å². The van der Waals surface area contributed by atoms with E-state index in [0.717, 1.165) is 18.4 Å². The summed E-state index contributed by atoms with van der Waals surface area (Å²) >= 11 is 0. The van der Waals surface area contributed by atoms with Gasteiger partial charge in [0.2, 0.25) is 0 Å². The molecule has 1 aliphatic carbocycles. The quantitative estimate of drug-likeness (QED) is 0.885. The van der Waals surface area contributed by atoms with Crippen LogP contribution >= 0.6 is 0 Å². The summed E-state index contributed by atoms with van der Waals surface area (Å²) in [4.78, 5) is 0. The Hall–Kier alpha value is -1.09. The van der Waals surface area contributed by atoms with E-state index >= 15 is 0 Å². The van der Waals surface area contributed by atoms with Gasteiger partial charge in [-0.15, -0.1) is 0 Å². The Labute approximate surface area is 115 Å². The van der Waals surface area contributed by atoms with Crippen LogP contribution < -0.4 is 10.5 Å². The van der Waals surface area contributed by atoms with Crippen LogP contribution in [0.1, 0.15) is 57.6 Å². The molecule has 106 valence electrons. The van der Waals surface area contributed by atoms with E-state index in [4.69, 9.17) is 10.5 Å². The number of hydrogen-bond acceptors (Lipinski definition) is 2. The number of ether oxygens (including phenoxy) is 1. The van der Waals surface area contributed by atoms with Gasteiger partial charge in [0.15, 0.2) is 0 Å². The van der Waals surface area contributed by atoms with Crippen molar-refractivity contribution < 1.29 is 9.13 Å². The molecule has 0 aromatic heterocycles. The molecule has 3 heteroatoms. The Morgan fingerprint density at radius 1 is 1.37 bits per heavy atom. The SMILES string of the molecule is CCC1CCCCC1Oc1cc(F)ccc1C(C)N. The van der Waals surface area contributed by atoms with E-state index in [0.29, 0.717) is 11.7 Å². The molecule has 3 atom stereocenters. The fourth-order valence-corrected chi connectivity index (χ4v) is 2.95. The average molecular weight is 265 g/mol. The maximum absolute atomic E-state index is 13.4. The van der Waals surface area contributed by atoms with Gasteiger partial charge in [0.25, 0.3) is 0 Å². The predicted octanol–water partition coefficient (Wildman–Crippen LogP) is 4.19. The van der Waals surface area contributed by atoms with Gasteiger partial charge in [-0.3, -0.25) is 0 Å². The normalized spacial score (nSPS) is 25.1. The molecule has 0 saturated heterocycles. The molecule has 1 aromatic rings. The van der Waals surface area contributed by atoms with Crippen molar-refractivity contribution >= 4 is 0 Å². The van der Waals surface area contributed by atoms with Gasteiger partial charge in [0, 0.05) is 17.7 Å². The zero-order valence-electron chi connectivity index (χ0n) is 11.9. The van der Waals surface area contributed by atoms with Crippen LogP contribution in [0.15, 0.2) is 18.2 Å². The summed E-state index contributed by atoms with van der Waals surface area (Å²) in [7, 11) is 0. The summed E-state index contributed by atoms with van der Waals surface area (Å²) in [5.74, 6) is 0.946. The van der Waals surface area contributed by atoms with Crippen molar-refractivity contribution in [2.24, 2.45) is 11.7 Å². The minimum atomic E-state index is -0.261. The third-order valence-electron chi connectivity index (χ3n) is 4.11. The highest BCUT2D eigenvalue weighted by Gasteiger charge is 2.26. The van der Waals surface area contributed by atoms with E-state index in [-0.39, 0.29) is 18.0 Å². The van der Waals surface area contributed by atoms with Crippen LogP contribution in [0.25, 0.3) is 0 Å². The van der Waals surface area contributed by atoms with Gasteiger partial charge in [-0.2, -0.15) is 0 Å². The Morgan fingerprint density at radius 2 is 2.11 bits per heavy atom. The first-order valence-electron chi connectivity index (χ1n) is 7.33. The molecule has 19 heavy (non-hydrogen) atoms. The molecular formula is C16H24FNO. The van der Waals surface area contributed by atoms with Crippen LogP contribution in [0.4, 0.5) is 4.39 Å². The van der Waals surface area contributed by atoms with Crippen molar-refractivity contribution in [3.8, 4) is 5.75 Å². The second kappa shape index (κ2) is 6.38. The first-order chi connectivity index (χ1) is 9.11. The zero-order valence-corrected chi connectivity index (χ0v) is 11.9. The summed E-state index contributed by atoms with van der Waals surface area (Å²) in [5, 5.41) is 0. The van der Waals surface area contributed by atoms with Gasteiger partial charge in [0.1, 0.15) is 17.7 Å². The van der Waals surface area contributed by atoms with Crippen molar-refractivity contribution in [2.75, 3.05) is 0 Å². The Bertz CT molecular complexity index is 419. The Balaban J connectivity index is 2.19. The standard InChI is InChI=1S/C16H24FNO/c1-3-12-6-4-5-7-15(12)19-16-10-13(17)8-9-14(16)11(2)18/h8-12,15H,3-7,18H2,1-2H3. The highest BCUT2D eigenvalue weighted by Crippen LogP contribution is 2.33. The van der Waals surface area contributed by atoms with E-state index in [9.17, 15) is 4.39 Å². The number of halogens is 1. The molecule has 3 unspecified atom stereocenters. The lowest BCUT2D eigenvalue weighted by Crippen LogP contribution is -2.30. The van der Waals surface area contributed by atoms with Gasteiger partial charge in [-0.1, -0.05) is 19.4 Å². The maximum atomic E-state index is 13.4. The van der Waals surface area contributed by atoms with Crippen molar-refractivity contribution in [2.45, 2.75) is 58.1 Å². The second-order valence-electron chi connectivity index (χ2n) is 5.58. The van der Waals surface area contributed by atoms with Crippen LogP contribution in [0.3, 0.4) is 0 Å². The molecule has 2 N–H and O–H groups in total. The van der Waals surface area contributed by atoms with Crippen LogP contribution in [0.2, 0.25) is 0 Å². The van der Waals surface area contributed by atoms with E-state index in [1.807, 2.05) is 6.92 Å². The molecule has 0 amide bonds. The molecule has 2 nitrogen and oxygen atoms in total. The van der Waals surface area contributed by atoms with E-state index in [1.54, 1.807) is 6.07 Å². The molecule has 1 aromatic carbocycles. The molecule has 2 rings (SSSR count). The number of rotatable bonds is 4. The van der Waals surface area contributed by atoms with Crippen LogP contribution in [-0.4, -0.2) is 6.10 Å². The summed E-state index contributed by atoms with van der Waals surface area (Å²) in [5.41, 5.74) is 6.83. The summed E-state index contributed by atoms with van der Waals surface area (Å²) < 4.78 is 19.5. The number of hydrogen-bond donors (Lipinski definition) is 1. The van der Waals surface area contributed by atoms with E-state index in [1.165, 1.54) is 31.4 Å². The molecule has 1 fully saturated rings. The van der Waals surface area contributed by atoms with Gasteiger partial charge in [-0.25, -0.2) is 4.39 Å². The minimum Gasteiger partial charge on any atom is -0.490 e. The van der Waals surface area contributed by atoms with Crippen LogP contribution in [0.5, 0.6) is 5.75 Å². The molecule has 0 radical (unpaired) electrons. The molecule has 0 bridgehead atoms. The third kappa shape index (κ3) is 3.47. The fraction of sp³-hybridized carbons (Fsp3) is 0.625. The maximum Gasteiger partial charge on any atom is 0.127 e. The Morgan fingerprint density at radius 3 is 2.79 bits per heavy atom. The minimum absolute atomic E-state index is 0.140. The van der Waals surface area contributed by atoms with Gasteiger partial charge in [-0.05, 0) is 44.6 Å². The first kappa shape index (κ1) is 14.3. The highest BCUT2D eigenvalue weighted by atomic mass is 19.1. The number of benzene rings is 1. The van der Waals surface area contributed by atoms with Gasteiger partial charge >= 0.3 is 0 Å². The van der Waals surface area contributed by atoms with Crippen LogP contribution in [0, 0.1) is 11.7 Å². The Kier molecular flexibility index (Phi) is 4.81. The molecule has 0 heterocycles. The van der Waals surface area contributed by atoms with Gasteiger partial charge < -0.3 is 10.5 Å². The summed E-state index contributed by atoms with van der Waals surface area (Å²) in [6.45, 7) is 4.10. The average Bonchev–Trinajstić information content (AvgIpc) is 2.39. The van der Waals surface area contributed by atoms with E-state index in [2.05, 4.69) is 6.92 Å². The topological polar surface area (TPSA) is 35.2 Å². The zero-order chi connectivity index (χ0) is 13.8. The lowest BCUT2D eigenvalue weighted by Gasteiger charge is -2.32. The molecule has 0 aliphatic heterocycles. The summed E-state index contributed by atoms with van der Waals surface area (Å²) in [6, 6.07) is 4.52. The van der Waals surface area contributed by atoms with E-state index < -0.39 is 0 Å². The number of nitrogens with two attached hydrogens (primary N) is 1. The lowest BCUT2D eigenvalue weighted by molar-refractivity contribution is 0.0888. The molecule has 1 saturated carbocycles. The largest absolute Gasteiger partial charge is 0.490 e. The van der Waals surface area contributed by atoms with Crippen molar-refractivity contribution in [1.82, 2.24) is 0 Å². The predicted molar refractivity (Wildman–Crippen MR) is 75.7 cm³/mol. The molecular weight excluding hydrogens is 241 g/mol. The van der Waals surface area contributed by atoms with Crippen LogP contribution in [-0.2, 0) is 0 Å². The monoisotopic (exact) mass is 265 g/mol. The smallest absolute Gasteiger partial charge is 0.127 e. The lowest BCUT2D eigenvalue weighted by atomic mass is 9.84.